The Morgan fingerprint density at radius 1 is 1.23 bits per heavy atom. The monoisotopic (exact) mass is 382 g/mol. The third-order valence-corrected chi connectivity index (χ3v) is 4.09. The van der Waals surface area contributed by atoms with E-state index in [9.17, 15) is 4.79 Å². The molecular weight excluding hydrogens is 368 g/mol. The predicted octanol–water partition coefficient (Wildman–Crippen LogP) is 5.31. The minimum Gasteiger partial charge on any atom is -0.487 e. The Balaban J connectivity index is 2.19. The van der Waals surface area contributed by atoms with Crippen molar-refractivity contribution in [1.82, 2.24) is 0 Å². The number of halogens is 2. The second kappa shape index (κ2) is 7.65. The van der Waals surface area contributed by atoms with Gasteiger partial charge in [-0.2, -0.15) is 0 Å². The van der Waals surface area contributed by atoms with Crippen molar-refractivity contribution in [2.75, 3.05) is 0 Å². The highest BCUT2D eigenvalue weighted by atomic mass is 79.9. The van der Waals surface area contributed by atoms with Crippen LogP contribution in [0.4, 0.5) is 0 Å². The molecule has 0 aliphatic heterocycles. The SMILES string of the molecule is CCC(=O)Oc1cccc(Br)c1COc1ccc(C)cc1Cl. The molecule has 0 N–H and O–H groups in total. The minimum atomic E-state index is -0.285. The summed E-state index contributed by atoms with van der Waals surface area (Å²) in [5.74, 6) is 0.799. The molecule has 2 aromatic carbocycles. The lowest BCUT2D eigenvalue weighted by molar-refractivity contribution is -0.134. The summed E-state index contributed by atoms with van der Waals surface area (Å²) in [6, 6.07) is 11.0. The van der Waals surface area contributed by atoms with Gasteiger partial charge in [0.15, 0.2) is 0 Å². The van der Waals surface area contributed by atoms with Gasteiger partial charge in [-0.05, 0) is 36.8 Å². The molecule has 2 rings (SSSR count). The highest BCUT2D eigenvalue weighted by Gasteiger charge is 2.12. The summed E-state index contributed by atoms with van der Waals surface area (Å²) in [7, 11) is 0. The van der Waals surface area contributed by atoms with Gasteiger partial charge in [-0.15, -0.1) is 0 Å². The molecule has 22 heavy (non-hydrogen) atoms. The maximum Gasteiger partial charge on any atom is 0.310 e. The summed E-state index contributed by atoms with van der Waals surface area (Å²) < 4.78 is 11.9. The second-order valence-electron chi connectivity index (χ2n) is 4.77. The summed E-state index contributed by atoms with van der Waals surface area (Å²) in [6.45, 7) is 3.96. The third kappa shape index (κ3) is 4.24. The van der Waals surface area contributed by atoms with Crippen LogP contribution in [0.2, 0.25) is 5.02 Å². The Hall–Kier alpha value is -1.52. The molecule has 0 aliphatic rings. The fraction of sp³-hybridized carbons (Fsp3) is 0.235. The van der Waals surface area contributed by atoms with Crippen molar-refractivity contribution in [2.24, 2.45) is 0 Å². The van der Waals surface area contributed by atoms with Crippen molar-refractivity contribution in [2.45, 2.75) is 26.9 Å². The number of esters is 1. The van der Waals surface area contributed by atoms with Gasteiger partial charge < -0.3 is 9.47 Å². The summed E-state index contributed by atoms with van der Waals surface area (Å²) in [4.78, 5) is 11.5. The van der Waals surface area contributed by atoms with Crippen molar-refractivity contribution in [3.8, 4) is 11.5 Å². The van der Waals surface area contributed by atoms with Crippen LogP contribution in [0.25, 0.3) is 0 Å². The first kappa shape index (κ1) is 16.8. The van der Waals surface area contributed by atoms with E-state index >= 15 is 0 Å². The fourth-order valence-electron chi connectivity index (χ4n) is 1.84. The average molecular weight is 384 g/mol. The van der Waals surface area contributed by atoms with Crippen LogP contribution in [-0.4, -0.2) is 5.97 Å². The Morgan fingerprint density at radius 3 is 2.68 bits per heavy atom. The smallest absolute Gasteiger partial charge is 0.310 e. The van der Waals surface area contributed by atoms with Crippen molar-refractivity contribution in [1.29, 1.82) is 0 Å². The van der Waals surface area contributed by atoms with Gasteiger partial charge >= 0.3 is 5.97 Å². The molecule has 3 nitrogen and oxygen atoms in total. The molecule has 0 bridgehead atoms. The van der Waals surface area contributed by atoms with E-state index in [0.29, 0.717) is 22.9 Å². The average Bonchev–Trinajstić information content (AvgIpc) is 2.48. The summed E-state index contributed by atoms with van der Waals surface area (Å²) in [6.07, 6.45) is 0.316. The minimum absolute atomic E-state index is 0.247. The molecule has 0 heterocycles. The number of aryl methyl sites for hydroxylation is 1. The molecule has 0 amide bonds. The maximum atomic E-state index is 11.5. The number of hydrogen-bond donors (Lipinski definition) is 0. The zero-order valence-corrected chi connectivity index (χ0v) is 14.7. The van der Waals surface area contributed by atoms with Crippen molar-refractivity contribution >= 4 is 33.5 Å². The highest BCUT2D eigenvalue weighted by Crippen LogP contribution is 2.31. The van der Waals surface area contributed by atoms with E-state index in [0.717, 1.165) is 15.6 Å². The van der Waals surface area contributed by atoms with Gasteiger partial charge in [0, 0.05) is 16.5 Å². The van der Waals surface area contributed by atoms with Crippen LogP contribution >= 0.6 is 27.5 Å². The van der Waals surface area contributed by atoms with E-state index in [-0.39, 0.29) is 12.6 Å². The van der Waals surface area contributed by atoms with E-state index in [1.165, 1.54) is 0 Å². The van der Waals surface area contributed by atoms with Gasteiger partial charge in [0.2, 0.25) is 0 Å². The van der Waals surface area contributed by atoms with E-state index < -0.39 is 0 Å². The lowest BCUT2D eigenvalue weighted by atomic mass is 10.2. The molecule has 0 aromatic heterocycles. The van der Waals surface area contributed by atoms with E-state index in [2.05, 4.69) is 15.9 Å². The second-order valence-corrected chi connectivity index (χ2v) is 6.03. The predicted molar refractivity (Wildman–Crippen MR) is 90.6 cm³/mol. The van der Waals surface area contributed by atoms with Gasteiger partial charge in [0.05, 0.1) is 5.02 Å². The fourth-order valence-corrected chi connectivity index (χ4v) is 2.59. The lowest BCUT2D eigenvalue weighted by Gasteiger charge is -2.13. The third-order valence-electron chi connectivity index (χ3n) is 3.05. The zero-order chi connectivity index (χ0) is 16.1. The highest BCUT2D eigenvalue weighted by molar-refractivity contribution is 9.10. The summed E-state index contributed by atoms with van der Waals surface area (Å²) in [5, 5.41) is 0.555. The van der Waals surface area contributed by atoms with Crippen molar-refractivity contribution < 1.29 is 14.3 Å². The molecule has 116 valence electrons. The standard InChI is InChI=1S/C17H16BrClO3/c1-3-17(20)22-15-6-4-5-13(18)12(15)10-21-16-8-7-11(2)9-14(16)19/h4-9H,3,10H2,1-2H3. The van der Waals surface area contributed by atoms with Gasteiger partial charge in [-0.25, -0.2) is 0 Å². The first-order valence-corrected chi connectivity index (χ1v) is 8.05. The van der Waals surface area contributed by atoms with Crippen LogP contribution < -0.4 is 9.47 Å². The molecule has 0 saturated heterocycles. The van der Waals surface area contributed by atoms with Crippen LogP contribution in [0.3, 0.4) is 0 Å². The van der Waals surface area contributed by atoms with Gasteiger partial charge in [0.1, 0.15) is 18.1 Å². The molecule has 0 aliphatic carbocycles. The Labute approximate surface area is 143 Å². The van der Waals surface area contributed by atoms with Crippen LogP contribution in [0.15, 0.2) is 40.9 Å². The van der Waals surface area contributed by atoms with E-state index in [4.69, 9.17) is 21.1 Å². The maximum absolute atomic E-state index is 11.5. The molecular formula is C17H16BrClO3. The number of hydrogen-bond acceptors (Lipinski definition) is 3. The normalized spacial score (nSPS) is 10.4. The summed E-state index contributed by atoms with van der Waals surface area (Å²) >= 11 is 9.62. The van der Waals surface area contributed by atoms with E-state index in [1.807, 2.05) is 37.3 Å². The van der Waals surface area contributed by atoms with E-state index in [1.54, 1.807) is 13.0 Å². The molecule has 0 radical (unpaired) electrons. The molecule has 0 saturated carbocycles. The van der Waals surface area contributed by atoms with Crippen LogP contribution in [0.1, 0.15) is 24.5 Å². The number of carbonyl (C=O) groups is 1. The largest absolute Gasteiger partial charge is 0.487 e. The molecule has 0 fully saturated rings. The molecule has 2 aromatic rings. The van der Waals surface area contributed by atoms with Crippen LogP contribution in [0.5, 0.6) is 11.5 Å². The molecule has 0 atom stereocenters. The Morgan fingerprint density at radius 2 is 2.00 bits per heavy atom. The quantitative estimate of drug-likeness (QED) is 0.519. The Kier molecular flexibility index (Phi) is 5.86. The number of benzene rings is 2. The van der Waals surface area contributed by atoms with Gasteiger partial charge in [0.25, 0.3) is 0 Å². The topological polar surface area (TPSA) is 35.5 Å². The van der Waals surface area contributed by atoms with Crippen molar-refractivity contribution in [3.63, 3.8) is 0 Å². The molecule has 0 spiro atoms. The van der Waals surface area contributed by atoms with Crippen LogP contribution in [-0.2, 0) is 11.4 Å². The van der Waals surface area contributed by atoms with Crippen molar-refractivity contribution in [3.05, 3.63) is 57.0 Å². The van der Waals surface area contributed by atoms with Crippen LogP contribution in [0, 0.1) is 6.92 Å². The Bertz CT molecular complexity index is 686. The number of rotatable bonds is 5. The first-order chi connectivity index (χ1) is 10.5. The first-order valence-electron chi connectivity index (χ1n) is 6.88. The molecule has 5 heteroatoms. The lowest BCUT2D eigenvalue weighted by Crippen LogP contribution is -2.09. The number of carbonyl (C=O) groups excluding carboxylic acids is 1. The van der Waals surface area contributed by atoms with Gasteiger partial charge in [-0.1, -0.05) is 46.6 Å². The number of ether oxygens (including phenoxy) is 2. The zero-order valence-electron chi connectivity index (χ0n) is 12.4. The van der Waals surface area contributed by atoms with Gasteiger partial charge in [-0.3, -0.25) is 4.79 Å². The molecule has 0 unspecified atom stereocenters. The summed E-state index contributed by atoms with van der Waals surface area (Å²) in [5.41, 5.74) is 1.83.